The maximum atomic E-state index is 13.0. The van der Waals surface area contributed by atoms with Crippen LogP contribution in [-0.2, 0) is 22.6 Å². The Labute approximate surface area is 239 Å². The second kappa shape index (κ2) is 13.8. The number of nitrogens with one attached hydrogen (secondary N) is 3. The van der Waals surface area contributed by atoms with Crippen molar-refractivity contribution in [3.05, 3.63) is 92.4 Å². The SMILES string of the molecule is O=C(Cc1cccc(Cl)c1)Nc1ccc(Cl)c(C(=O)C[C@@H](CNC(=O)NCc2ccccc2O)C(=O)O)c1Cl. The number of hydrogen-bond donors (Lipinski definition) is 5. The number of benzene rings is 3. The summed E-state index contributed by atoms with van der Waals surface area (Å²) in [7, 11) is 0. The molecule has 0 unspecified atom stereocenters. The van der Waals surface area contributed by atoms with Gasteiger partial charge in [0.2, 0.25) is 5.91 Å². The molecule has 0 fully saturated rings. The molecule has 3 rings (SSSR count). The number of carboxylic acid groups (broad SMARTS) is 1. The van der Waals surface area contributed by atoms with E-state index in [1.807, 2.05) is 0 Å². The molecule has 5 N–H and O–H groups in total. The highest BCUT2D eigenvalue weighted by Gasteiger charge is 2.26. The first-order valence-electron chi connectivity index (χ1n) is 11.6. The molecular weight excluding hydrogens is 569 g/mol. The number of Topliss-reactive ketones (excluding diaryl/α,β-unsaturated/α-hetero) is 1. The van der Waals surface area contributed by atoms with E-state index in [4.69, 9.17) is 34.8 Å². The van der Waals surface area contributed by atoms with E-state index < -0.39 is 36.0 Å². The number of aromatic hydroxyl groups is 1. The molecule has 9 nitrogen and oxygen atoms in total. The van der Waals surface area contributed by atoms with Crippen LogP contribution in [0, 0.1) is 5.92 Å². The molecule has 1 atom stereocenters. The van der Waals surface area contributed by atoms with Gasteiger partial charge in [-0.05, 0) is 35.9 Å². The van der Waals surface area contributed by atoms with Gasteiger partial charge < -0.3 is 26.2 Å². The lowest BCUT2D eigenvalue weighted by Gasteiger charge is -2.16. The number of para-hydroxylation sites is 1. The summed E-state index contributed by atoms with van der Waals surface area (Å²) in [4.78, 5) is 49.5. The standard InChI is InChI=1S/C27H24Cl3N3O6/c28-18-6-3-4-15(10-18)11-23(36)33-20-9-8-19(29)24(25(20)30)22(35)12-17(26(37)38)14-32-27(39)31-13-16-5-1-2-7-21(16)34/h1-10,17,34H,11-14H2,(H,33,36)(H,37,38)(H2,31,32,39)/t17-/m0/s1. The Hall–Kier alpha value is -3.79. The number of carboxylic acids is 1. The number of anilines is 1. The highest BCUT2D eigenvalue weighted by Crippen LogP contribution is 2.33. The number of carbonyl (C=O) groups is 4. The van der Waals surface area contributed by atoms with Crippen LogP contribution in [-0.4, -0.2) is 40.4 Å². The van der Waals surface area contributed by atoms with Crippen LogP contribution < -0.4 is 16.0 Å². The molecule has 0 heterocycles. The van der Waals surface area contributed by atoms with Crippen LogP contribution in [0.5, 0.6) is 5.75 Å². The average Bonchev–Trinajstić information content (AvgIpc) is 2.87. The van der Waals surface area contributed by atoms with Gasteiger partial charge in [-0.2, -0.15) is 0 Å². The molecule has 3 aromatic rings. The van der Waals surface area contributed by atoms with Crippen LogP contribution >= 0.6 is 34.8 Å². The van der Waals surface area contributed by atoms with Crippen LogP contribution in [0.4, 0.5) is 10.5 Å². The molecule has 0 bridgehead atoms. The summed E-state index contributed by atoms with van der Waals surface area (Å²) in [5.41, 5.74) is 1.13. The van der Waals surface area contributed by atoms with E-state index in [1.54, 1.807) is 42.5 Å². The molecule has 204 valence electrons. The van der Waals surface area contributed by atoms with Crippen molar-refractivity contribution in [3.8, 4) is 5.75 Å². The Morgan fingerprint density at radius 3 is 2.33 bits per heavy atom. The normalized spacial score (nSPS) is 11.4. The first-order chi connectivity index (χ1) is 18.5. The summed E-state index contributed by atoms with van der Waals surface area (Å²) in [6, 6.07) is 15.3. The Morgan fingerprint density at radius 2 is 1.64 bits per heavy atom. The highest BCUT2D eigenvalue weighted by molar-refractivity contribution is 6.41. The van der Waals surface area contributed by atoms with Gasteiger partial charge in [0.1, 0.15) is 5.75 Å². The van der Waals surface area contributed by atoms with Gasteiger partial charge in [-0.25, -0.2) is 4.79 Å². The Balaban J connectivity index is 1.63. The average molecular weight is 593 g/mol. The van der Waals surface area contributed by atoms with Crippen molar-refractivity contribution >= 4 is 64.2 Å². The number of amides is 3. The van der Waals surface area contributed by atoms with E-state index in [9.17, 15) is 29.4 Å². The number of hydrogen-bond acceptors (Lipinski definition) is 5. The van der Waals surface area contributed by atoms with Gasteiger partial charge in [0.05, 0.1) is 33.6 Å². The predicted octanol–water partition coefficient (Wildman–Crippen LogP) is 5.31. The van der Waals surface area contributed by atoms with Crippen molar-refractivity contribution < 1.29 is 29.4 Å². The topological polar surface area (TPSA) is 145 Å². The van der Waals surface area contributed by atoms with Crippen molar-refractivity contribution in [1.82, 2.24) is 10.6 Å². The highest BCUT2D eigenvalue weighted by atomic mass is 35.5. The van der Waals surface area contributed by atoms with Crippen LogP contribution in [0.1, 0.15) is 27.9 Å². The Kier molecular flexibility index (Phi) is 10.6. The van der Waals surface area contributed by atoms with Gasteiger partial charge in [0, 0.05) is 30.1 Å². The molecule has 0 saturated carbocycles. The van der Waals surface area contributed by atoms with E-state index in [2.05, 4.69) is 16.0 Å². The number of urea groups is 1. The third kappa shape index (κ3) is 8.61. The minimum Gasteiger partial charge on any atom is -0.508 e. The van der Waals surface area contributed by atoms with Crippen LogP contribution in [0.2, 0.25) is 15.1 Å². The predicted molar refractivity (Wildman–Crippen MR) is 149 cm³/mol. The first kappa shape index (κ1) is 29.8. The number of phenols is 1. The second-order valence-electron chi connectivity index (χ2n) is 8.49. The van der Waals surface area contributed by atoms with Crippen LogP contribution in [0.15, 0.2) is 60.7 Å². The third-order valence-electron chi connectivity index (χ3n) is 5.62. The first-order valence-corrected chi connectivity index (χ1v) is 12.8. The van der Waals surface area contributed by atoms with E-state index in [1.165, 1.54) is 18.2 Å². The molecule has 0 radical (unpaired) electrons. The van der Waals surface area contributed by atoms with Gasteiger partial charge in [-0.1, -0.05) is 65.1 Å². The number of ketones is 1. The van der Waals surface area contributed by atoms with Crippen molar-refractivity contribution in [2.24, 2.45) is 5.92 Å². The molecule has 0 aliphatic carbocycles. The summed E-state index contributed by atoms with van der Waals surface area (Å²) in [6.07, 6.45) is -0.518. The summed E-state index contributed by atoms with van der Waals surface area (Å²) >= 11 is 18.6. The lowest BCUT2D eigenvalue weighted by Crippen LogP contribution is -2.40. The second-order valence-corrected chi connectivity index (χ2v) is 9.72. The van der Waals surface area contributed by atoms with Crippen LogP contribution in [0.25, 0.3) is 0 Å². The van der Waals surface area contributed by atoms with E-state index in [-0.39, 0.29) is 46.6 Å². The minimum atomic E-state index is -1.32. The summed E-state index contributed by atoms with van der Waals surface area (Å²) < 4.78 is 0. The van der Waals surface area contributed by atoms with Gasteiger partial charge in [-0.15, -0.1) is 0 Å². The van der Waals surface area contributed by atoms with Gasteiger partial charge >= 0.3 is 12.0 Å². The molecule has 0 aliphatic rings. The maximum absolute atomic E-state index is 13.0. The van der Waals surface area contributed by atoms with Gasteiger partial charge in [-0.3, -0.25) is 14.4 Å². The van der Waals surface area contributed by atoms with E-state index in [0.717, 1.165) is 0 Å². The van der Waals surface area contributed by atoms with E-state index >= 15 is 0 Å². The van der Waals surface area contributed by atoms with Gasteiger partial charge in [0.25, 0.3) is 0 Å². The Morgan fingerprint density at radius 1 is 0.897 bits per heavy atom. The molecule has 0 aliphatic heterocycles. The maximum Gasteiger partial charge on any atom is 0.315 e. The fraction of sp³-hybridized carbons (Fsp3) is 0.185. The molecule has 0 spiro atoms. The molecular formula is C27H24Cl3N3O6. The number of phenolic OH excluding ortho intramolecular Hbond substituents is 1. The number of halogens is 3. The van der Waals surface area contributed by atoms with Gasteiger partial charge in [0.15, 0.2) is 5.78 Å². The molecule has 3 aromatic carbocycles. The third-order valence-corrected chi connectivity index (χ3v) is 6.56. The van der Waals surface area contributed by atoms with Crippen molar-refractivity contribution in [1.29, 1.82) is 0 Å². The largest absolute Gasteiger partial charge is 0.508 e. The van der Waals surface area contributed by atoms with E-state index in [0.29, 0.717) is 16.1 Å². The zero-order chi connectivity index (χ0) is 28.5. The molecule has 0 saturated heterocycles. The Bertz CT molecular complexity index is 1400. The fourth-order valence-electron chi connectivity index (χ4n) is 3.62. The smallest absolute Gasteiger partial charge is 0.315 e. The lowest BCUT2D eigenvalue weighted by molar-refractivity contribution is -0.141. The summed E-state index contributed by atoms with van der Waals surface area (Å²) in [6.45, 7) is -0.352. The zero-order valence-electron chi connectivity index (χ0n) is 20.3. The minimum absolute atomic E-state index is 0.00149. The zero-order valence-corrected chi connectivity index (χ0v) is 22.6. The molecule has 3 amide bonds. The summed E-state index contributed by atoms with van der Waals surface area (Å²) in [5.74, 6) is -3.70. The fourth-order valence-corrected chi connectivity index (χ4v) is 4.46. The van der Waals surface area contributed by atoms with Crippen LogP contribution in [0.3, 0.4) is 0 Å². The van der Waals surface area contributed by atoms with Crippen molar-refractivity contribution in [2.75, 3.05) is 11.9 Å². The molecule has 12 heteroatoms. The number of rotatable bonds is 11. The van der Waals surface area contributed by atoms with Crippen molar-refractivity contribution in [3.63, 3.8) is 0 Å². The number of carbonyl (C=O) groups excluding carboxylic acids is 3. The summed E-state index contributed by atoms with van der Waals surface area (Å²) in [5, 5.41) is 27.2. The lowest BCUT2D eigenvalue weighted by atomic mass is 9.97. The quantitative estimate of drug-likeness (QED) is 0.191. The van der Waals surface area contributed by atoms with Crippen molar-refractivity contribution in [2.45, 2.75) is 19.4 Å². The molecule has 0 aromatic heterocycles. The molecule has 39 heavy (non-hydrogen) atoms. The number of aliphatic carboxylic acids is 1. The monoisotopic (exact) mass is 591 g/mol.